The molecule has 2 aromatic carbocycles. The minimum absolute atomic E-state index is 0.104. The van der Waals surface area contributed by atoms with Gasteiger partial charge < -0.3 is 5.32 Å². The second-order valence-electron chi connectivity index (χ2n) is 8.00. The molecule has 0 spiro atoms. The van der Waals surface area contributed by atoms with E-state index in [-0.39, 0.29) is 11.7 Å². The van der Waals surface area contributed by atoms with Crippen LogP contribution in [0.4, 0.5) is 10.1 Å². The van der Waals surface area contributed by atoms with Gasteiger partial charge in [0, 0.05) is 10.6 Å². The van der Waals surface area contributed by atoms with Crippen molar-refractivity contribution in [3.05, 3.63) is 60.2 Å². The van der Waals surface area contributed by atoms with Crippen molar-refractivity contribution in [1.29, 1.82) is 0 Å². The van der Waals surface area contributed by atoms with Crippen LogP contribution in [0.5, 0.6) is 0 Å². The fourth-order valence-electron chi connectivity index (χ4n) is 3.84. The third kappa shape index (κ3) is 5.96. The molecular weight excluding hydrogens is 457 g/mol. The molecular formula is C24H28FN5OS2. The van der Waals surface area contributed by atoms with Crippen molar-refractivity contribution in [3.63, 3.8) is 0 Å². The Bertz CT molecular complexity index is 1080. The summed E-state index contributed by atoms with van der Waals surface area (Å²) in [7, 11) is 0. The number of para-hydroxylation sites is 1. The summed E-state index contributed by atoms with van der Waals surface area (Å²) >= 11 is 2.94. The molecule has 1 unspecified atom stereocenters. The summed E-state index contributed by atoms with van der Waals surface area (Å²) < 4.78 is 15.5. The first-order valence-electron chi connectivity index (χ1n) is 11.1. The van der Waals surface area contributed by atoms with Crippen LogP contribution in [0.1, 0.15) is 32.0 Å². The number of hydrogen-bond donors (Lipinski definition) is 1. The lowest BCUT2D eigenvalue weighted by atomic mass is 10.1. The van der Waals surface area contributed by atoms with E-state index in [0.29, 0.717) is 11.7 Å². The van der Waals surface area contributed by atoms with Crippen molar-refractivity contribution >= 4 is 35.1 Å². The standard InChI is InChI=1S/C24H28FN5OS2/c1-17(23(31)26-20-8-4-5-9-21(20)32-2)33-24-28-27-22(16-29-14-6-3-7-15-29)30(24)19-12-10-18(25)11-13-19/h4-5,8-13,17H,3,6-7,14-16H2,1-2H3,(H,26,31). The van der Waals surface area contributed by atoms with E-state index in [1.165, 1.54) is 43.2 Å². The highest BCUT2D eigenvalue weighted by atomic mass is 32.2. The molecule has 33 heavy (non-hydrogen) atoms. The second-order valence-corrected chi connectivity index (χ2v) is 10.2. The summed E-state index contributed by atoms with van der Waals surface area (Å²) in [5, 5.41) is 12.1. The second kappa shape index (κ2) is 11.2. The Balaban J connectivity index is 1.55. The van der Waals surface area contributed by atoms with Crippen LogP contribution in [0.3, 0.4) is 0 Å². The Labute approximate surface area is 202 Å². The van der Waals surface area contributed by atoms with Gasteiger partial charge in [0.2, 0.25) is 5.91 Å². The maximum atomic E-state index is 13.6. The van der Waals surface area contributed by atoms with Crippen LogP contribution in [0.2, 0.25) is 0 Å². The Hall–Kier alpha value is -2.36. The molecule has 6 nitrogen and oxygen atoms in total. The number of likely N-dealkylation sites (tertiary alicyclic amines) is 1. The summed E-state index contributed by atoms with van der Waals surface area (Å²) in [6.07, 6.45) is 5.61. The molecule has 0 radical (unpaired) electrons. The van der Waals surface area contributed by atoms with Crippen LogP contribution in [0.15, 0.2) is 58.6 Å². The molecule has 1 N–H and O–H groups in total. The van der Waals surface area contributed by atoms with Crippen molar-refractivity contribution in [2.24, 2.45) is 0 Å². The largest absolute Gasteiger partial charge is 0.324 e. The van der Waals surface area contributed by atoms with Crippen LogP contribution in [0, 0.1) is 5.82 Å². The molecule has 4 rings (SSSR count). The van der Waals surface area contributed by atoms with E-state index in [2.05, 4.69) is 20.4 Å². The highest BCUT2D eigenvalue weighted by Gasteiger charge is 2.23. The molecule has 1 amide bonds. The number of halogens is 1. The van der Waals surface area contributed by atoms with Crippen LogP contribution in [-0.4, -0.2) is 50.2 Å². The molecule has 3 aromatic rings. The van der Waals surface area contributed by atoms with Gasteiger partial charge in [-0.2, -0.15) is 0 Å². The summed E-state index contributed by atoms with van der Waals surface area (Å²) in [6, 6.07) is 14.1. The summed E-state index contributed by atoms with van der Waals surface area (Å²) in [4.78, 5) is 16.3. The van der Waals surface area contributed by atoms with Crippen molar-refractivity contribution in [1.82, 2.24) is 19.7 Å². The number of thioether (sulfide) groups is 2. The summed E-state index contributed by atoms with van der Waals surface area (Å²) in [5.74, 6) is 0.401. The molecule has 2 heterocycles. The SMILES string of the molecule is CSc1ccccc1NC(=O)C(C)Sc1nnc(CN2CCCCC2)n1-c1ccc(F)cc1. The number of nitrogens with one attached hydrogen (secondary N) is 1. The van der Waals surface area contributed by atoms with Crippen molar-refractivity contribution in [3.8, 4) is 5.69 Å². The number of carbonyl (C=O) groups excluding carboxylic acids is 1. The molecule has 0 aliphatic carbocycles. The van der Waals surface area contributed by atoms with Crippen LogP contribution in [-0.2, 0) is 11.3 Å². The minimum Gasteiger partial charge on any atom is -0.324 e. The van der Waals surface area contributed by atoms with Gasteiger partial charge in [-0.3, -0.25) is 14.3 Å². The normalized spacial score (nSPS) is 15.4. The topological polar surface area (TPSA) is 63.1 Å². The van der Waals surface area contributed by atoms with Gasteiger partial charge in [0.05, 0.1) is 17.5 Å². The number of carbonyl (C=O) groups is 1. The van der Waals surface area contributed by atoms with Gasteiger partial charge in [-0.05, 0) is 75.5 Å². The van der Waals surface area contributed by atoms with E-state index in [9.17, 15) is 9.18 Å². The molecule has 1 atom stereocenters. The molecule has 0 bridgehead atoms. The van der Waals surface area contributed by atoms with E-state index >= 15 is 0 Å². The van der Waals surface area contributed by atoms with Gasteiger partial charge in [-0.1, -0.05) is 30.3 Å². The third-order valence-electron chi connectivity index (χ3n) is 5.62. The van der Waals surface area contributed by atoms with Crippen molar-refractivity contribution in [2.45, 2.75) is 48.0 Å². The van der Waals surface area contributed by atoms with E-state index in [0.717, 1.165) is 35.2 Å². The zero-order chi connectivity index (χ0) is 23.2. The predicted molar refractivity (Wildman–Crippen MR) is 133 cm³/mol. The monoisotopic (exact) mass is 485 g/mol. The van der Waals surface area contributed by atoms with Gasteiger partial charge in [-0.15, -0.1) is 22.0 Å². The number of aromatic nitrogens is 3. The Morgan fingerprint density at radius 3 is 2.55 bits per heavy atom. The van der Waals surface area contributed by atoms with E-state index in [4.69, 9.17) is 0 Å². The number of piperidine rings is 1. The highest BCUT2D eigenvalue weighted by Crippen LogP contribution is 2.29. The number of hydrogen-bond acceptors (Lipinski definition) is 6. The average molecular weight is 486 g/mol. The van der Waals surface area contributed by atoms with E-state index < -0.39 is 5.25 Å². The van der Waals surface area contributed by atoms with Crippen LogP contribution >= 0.6 is 23.5 Å². The maximum absolute atomic E-state index is 13.6. The fourth-order valence-corrected chi connectivity index (χ4v) is 5.28. The number of anilines is 1. The van der Waals surface area contributed by atoms with Gasteiger partial charge in [0.25, 0.3) is 0 Å². The molecule has 1 aliphatic rings. The lowest BCUT2D eigenvalue weighted by molar-refractivity contribution is -0.115. The van der Waals surface area contributed by atoms with E-state index in [1.54, 1.807) is 23.9 Å². The smallest absolute Gasteiger partial charge is 0.237 e. The lowest BCUT2D eigenvalue weighted by Gasteiger charge is -2.26. The Morgan fingerprint density at radius 2 is 1.82 bits per heavy atom. The third-order valence-corrected chi connectivity index (χ3v) is 7.45. The lowest BCUT2D eigenvalue weighted by Crippen LogP contribution is -2.30. The van der Waals surface area contributed by atoms with Gasteiger partial charge >= 0.3 is 0 Å². The van der Waals surface area contributed by atoms with E-state index in [1.807, 2.05) is 42.0 Å². The number of benzene rings is 2. The Kier molecular flexibility index (Phi) is 8.06. The predicted octanol–water partition coefficient (Wildman–Crippen LogP) is 5.23. The molecule has 174 valence electrons. The first-order valence-corrected chi connectivity index (χ1v) is 13.2. The first kappa shape index (κ1) is 23.8. The molecule has 0 saturated carbocycles. The van der Waals surface area contributed by atoms with Gasteiger partial charge in [0.15, 0.2) is 11.0 Å². The average Bonchev–Trinajstić information content (AvgIpc) is 3.22. The van der Waals surface area contributed by atoms with Gasteiger partial charge in [0.1, 0.15) is 5.82 Å². The first-order chi connectivity index (χ1) is 16.0. The fraction of sp³-hybridized carbons (Fsp3) is 0.375. The maximum Gasteiger partial charge on any atom is 0.237 e. The van der Waals surface area contributed by atoms with Crippen molar-refractivity contribution in [2.75, 3.05) is 24.7 Å². The number of rotatable bonds is 8. The zero-order valence-electron chi connectivity index (χ0n) is 18.8. The van der Waals surface area contributed by atoms with Crippen molar-refractivity contribution < 1.29 is 9.18 Å². The van der Waals surface area contributed by atoms with Crippen LogP contribution < -0.4 is 5.32 Å². The minimum atomic E-state index is -0.397. The molecule has 1 aliphatic heterocycles. The number of amides is 1. The molecule has 1 saturated heterocycles. The molecule has 9 heteroatoms. The number of nitrogens with zero attached hydrogens (tertiary/aromatic N) is 4. The van der Waals surface area contributed by atoms with Crippen LogP contribution in [0.25, 0.3) is 5.69 Å². The zero-order valence-corrected chi connectivity index (χ0v) is 20.5. The summed E-state index contributed by atoms with van der Waals surface area (Å²) in [6.45, 7) is 4.60. The van der Waals surface area contributed by atoms with Gasteiger partial charge in [-0.25, -0.2) is 4.39 Å². The molecule has 1 fully saturated rings. The Morgan fingerprint density at radius 1 is 1.09 bits per heavy atom. The summed E-state index contributed by atoms with van der Waals surface area (Å²) in [5.41, 5.74) is 1.59. The quantitative estimate of drug-likeness (QED) is 0.441. The highest BCUT2D eigenvalue weighted by molar-refractivity contribution is 8.00. The molecule has 1 aromatic heterocycles.